The number of hydrogen-bond donors (Lipinski definition) is 1. The predicted octanol–water partition coefficient (Wildman–Crippen LogP) is 1.13. The van der Waals surface area contributed by atoms with Crippen molar-refractivity contribution in [1.29, 1.82) is 0 Å². The number of morpholine rings is 1. The SMILES string of the molecule is COc1ccc(OC)c(N(C)CC2CNCCO2)c1. The van der Waals surface area contributed by atoms with Gasteiger partial charge in [-0.2, -0.15) is 0 Å². The van der Waals surface area contributed by atoms with E-state index in [1.165, 1.54) is 0 Å². The van der Waals surface area contributed by atoms with Crippen LogP contribution in [-0.2, 0) is 4.74 Å². The van der Waals surface area contributed by atoms with Gasteiger partial charge in [0.2, 0.25) is 0 Å². The Balaban J connectivity index is 2.09. The van der Waals surface area contributed by atoms with Crippen molar-refractivity contribution in [2.24, 2.45) is 0 Å². The summed E-state index contributed by atoms with van der Waals surface area (Å²) in [5.74, 6) is 1.66. The molecule has 1 fully saturated rings. The van der Waals surface area contributed by atoms with Gasteiger partial charge in [0.15, 0.2) is 0 Å². The number of likely N-dealkylation sites (N-methyl/N-ethyl adjacent to an activating group) is 1. The zero-order valence-electron chi connectivity index (χ0n) is 11.8. The first-order chi connectivity index (χ1) is 9.24. The fraction of sp³-hybridized carbons (Fsp3) is 0.571. The van der Waals surface area contributed by atoms with Gasteiger partial charge in [0.1, 0.15) is 11.5 Å². The Morgan fingerprint density at radius 2 is 2.21 bits per heavy atom. The van der Waals surface area contributed by atoms with Crippen molar-refractivity contribution in [2.75, 3.05) is 52.4 Å². The van der Waals surface area contributed by atoms with Crippen LogP contribution in [0.2, 0.25) is 0 Å². The molecule has 0 radical (unpaired) electrons. The summed E-state index contributed by atoms with van der Waals surface area (Å²) in [5, 5.41) is 3.34. The zero-order valence-corrected chi connectivity index (χ0v) is 11.8. The van der Waals surface area contributed by atoms with Crippen molar-refractivity contribution in [3.63, 3.8) is 0 Å². The first-order valence-electron chi connectivity index (χ1n) is 6.50. The van der Waals surface area contributed by atoms with Crippen molar-refractivity contribution >= 4 is 5.69 Å². The van der Waals surface area contributed by atoms with Crippen molar-refractivity contribution < 1.29 is 14.2 Å². The quantitative estimate of drug-likeness (QED) is 0.865. The predicted molar refractivity (Wildman–Crippen MR) is 75.4 cm³/mol. The summed E-state index contributed by atoms with van der Waals surface area (Å²) < 4.78 is 16.4. The van der Waals surface area contributed by atoms with E-state index in [1.54, 1.807) is 14.2 Å². The molecule has 1 aliphatic heterocycles. The second-order valence-electron chi connectivity index (χ2n) is 4.62. The smallest absolute Gasteiger partial charge is 0.142 e. The molecule has 0 spiro atoms. The van der Waals surface area contributed by atoms with E-state index in [-0.39, 0.29) is 6.10 Å². The van der Waals surface area contributed by atoms with Crippen LogP contribution < -0.4 is 19.7 Å². The van der Waals surface area contributed by atoms with E-state index in [1.807, 2.05) is 25.2 Å². The average molecular weight is 266 g/mol. The molecule has 0 saturated carbocycles. The second-order valence-corrected chi connectivity index (χ2v) is 4.62. The maximum Gasteiger partial charge on any atom is 0.142 e. The maximum atomic E-state index is 5.72. The highest BCUT2D eigenvalue weighted by Crippen LogP contribution is 2.31. The highest BCUT2D eigenvalue weighted by Gasteiger charge is 2.18. The molecule has 5 nitrogen and oxygen atoms in total. The third-order valence-corrected chi connectivity index (χ3v) is 3.28. The van der Waals surface area contributed by atoms with Gasteiger partial charge in [0, 0.05) is 32.7 Å². The molecule has 2 rings (SSSR count). The van der Waals surface area contributed by atoms with Crippen LogP contribution in [0, 0.1) is 0 Å². The van der Waals surface area contributed by atoms with Crippen LogP contribution in [0.4, 0.5) is 5.69 Å². The number of ether oxygens (including phenoxy) is 3. The molecule has 106 valence electrons. The average Bonchev–Trinajstić information content (AvgIpc) is 2.47. The number of anilines is 1. The summed E-state index contributed by atoms with van der Waals surface area (Å²) in [6, 6.07) is 5.80. The van der Waals surface area contributed by atoms with E-state index < -0.39 is 0 Å². The van der Waals surface area contributed by atoms with E-state index in [0.717, 1.165) is 43.4 Å². The van der Waals surface area contributed by atoms with Gasteiger partial charge < -0.3 is 24.4 Å². The van der Waals surface area contributed by atoms with Crippen molar-refractivity contribution in [3.8, 4) is 11.5 Å². The number of rotatable bonds is 5. The number of benzene rings is 1. The number of methoxy groups -OCH3 is 2. The van der Waals surface area contributed by atoms with Crippen LogP contribution >= 0.6 is 0 Å². The first kappa shape index (κ1) is 14.0. The van der Waals surface area contributed by atoms with Gasteiger partial charge in [-0.3, -0.25) is 0 Å². The summed E-state index contributed by atoms with van der Waals surface area (Å²) >= 11 is 0. The second kappa shape index (κ2) is 6.63. The molecule has 0 aromatic heterocycles. The topological polar surface area (TPSA) is 43.0 Å². The standard InChI is InChI=1S/C14H22N2O3/c1-16(10-12-9-15-6-7-19-12)13-8-11(17-2)4-5-14(13)18-3/h4-5,8,12,15H,6-7,9-10H2,1-3H3. The Bertz CT molecular complexity index is 406. The lowest BCUT2D eigenvalue weighted by Crippen LogP contribution is -2.44. The van der Waals surface area contributed by atoms with E-state index in [4.69, 9.17) is 14.2 Å². The molecule has 1 N–H and O–H groups in total. The highest BCUT2D eigenvalue weighted by atomic mass is 16.5. The Labute approximate surface area is 114 Å². The van der Waals surface area contributed by atoms with Crippen molar-refractivity contribution in [2.45, 2.75) is 6.10 Å². The number of nitrogens with one attached hydrogen (secondary N) is 1. The minimum absolute atomic E-state index is 0.203. The first-order valence-corrected chi connectivity index (χ1v) is 6.50. The maximum absolute atomic E-state index is 5.72. The zero-order chi connectivity index (χ0) is 13.7. The summed E-state index contributed by atoms with van der Waals surface area (Å²) in [5.41, 5.74) is 1.01. The Kier molecular flexibility index (Phi) is 4.87. The minimum Gasteiger partial charge on any atom is -0.497 e. The van der Waals surface area contributed by atoms with Gasteiger partial charge in [0.25, 0.3) is 0 Å². The molecule has 1 saturated heterocycles. The Hall–Kier alpha value is -1.46. The fourth-order valence-electron chi connectivity index (χ4n) is 2.24. The molecule has 1 aromatic rings. The molecule has 1 heterocycles. The summed E-state index contributed by atoms with van der Waals surface area (Å²) in [6.45, 7) is 3.41. The molecular formula is C14H22N2O3. The lowest BCUT2D eigenvalue weighted by Gasteiger charge is -2.30. The minimum atomic E-state index is 0.203. The molecule has 5 heteroatoms. The number of hydrogen-bond acceptors (Lipinski definition) is 5. The van der Waals surface area contributed by atoms with Crippen LogP contribution in [0.1, 0.15) is 0 Å². The third-order valence-electron chi connectivity index (χ3n) is 3.28. The van der Waals surface area contributed by atoms with Gasteiger partial charge in [-0.15, -0.1) is 0 Å². The van der Waals surface area contributed by atoms with E-state index >= 15 is 0 Å². The van der Waals surface area contributed by atoms with Crippen LogP contribution in [0.15, 0.2) is 18.2 Å². The lowest BCUT2D eigenvalue weighted by atomic mass is 10.2. The molecule has 1 atom stereocenters. The van der Waals surface area contributed by atoms with Gasteiger partial charge in [-0.25, -0.2) is 0 Å². The molecule has 19 heavy (non-hydrogen) atoms. The highest BCUT2D eigenvalue weighted by molar-refractivity contribution is 5.61. The third kappa shape index (κ3) is 3.52. The summed E-state index contributed by atoms with van der Waals surface area (Å²) in [6.07, 6.45) is 0.203. The Morgan fingerprint density at radius 3 is 2.84 bits per heavy atom. The molecule has 1 aromatic carbocycles. The van der Waals surface area contributed by atoms with Gasteiger partial charge in [-0.05, 0) is 12.1 Å². The largest absolute Gasteiger partial charge is 0.497 e. The van der Waals surface area contributed by atoms with Crippen LogP contribution in [0.5, 0.6) is 11.5 Å². The van der Waals surface area contributed by atoms with Crippen molar-refractivity contribution in [1.82, 2.24) is 5.32 Å². The Morgan fingerprint density at radius 1 is 1.37 bits per heavy atom. The summed E-state index contributed by atoms with van der Waals surface area (Å²) in [4.78, 5) is 2.14. The van der Waals surface area contributed by atoms with Crippen LogP contribution in [0.25, 0.3) is 0 Å². The van der Waals surface area contributed by atoms with Gasteiger partial charge >= 0.3 is 0 Å². The van der Waals surface area contributed by atoms with E-state index in [2.05, 4.69) is 10.2 Å². The molecule has 1 aliphatic rings. The normalized spacial score (nSPS) is 19.0. The molecule has 1 unspecified atom stereocenters. The lowest BCUT2D eigenvalue weighted by molar-refractivity contribution is 0.0339. The fourth-order valence-corrected chi connectivity index (χ4v) is 2.24. The van der Waals surface area contributed by atoms with E-state index in [0.29, 0.717) is 0 Å². The van der Waals surface area contributed by atoms with Crippen LogP contribution in [0.3, 0.4) is 0 Å². The van der Waals surface area contributed by atoms with Gasteiger partial charge in [-0.1, -0.05) is 0 Å². The molecule has 0 amide bonds. The monoisotopic (exact) mass is 266 g/mol. The van der Waals surface area contributed by atoms with E-state index in [9.17, 15) is 0 Å². The molecular weight excluding hydrogens is 244 g/mol. The van der Waals surface area contributed by atoms with Crippen molar-refractivity contribution in [3.05, 3.63) is 18.2 Å². The van der Waals surface area contributed by atoms with Gasteiger partial charge in [0.05, 0.1) is 32.6 Å². The summed E-state index contributed by atoms with van der Waals surface area (Å²) in [7, 11) is 5.38. The molecule has 0 aliphatic carbocycles. The van der Waals surface area contributed by atoms with Crippen LogP contribution in [-0.4, -0.2) is 53.6 Å². The molecule has 0 bridgehead atoms. The number of nitrogens with zero attached hydrogens (tertiary/aromatic N) is 1.